The van der Waals surface area contributed by atoms with Crippen LogP contribution in [0.3, 0.4) is 0 Å². The van der Waals surface area contributed by atoms with Gasteiger partial charge < -0.3 is 5.73 Å². The maximum absolute atomic E-state index is 12.5. The van der Waals surface area contributed by atoms with Crippen LogP contribution in [0.5, 0.6) is 0 Å². The average Bonchev–Trinajstić information content (AvgIpc) is 2.40. The number of nitrogens with two attached hydrogens (primary N) is 1. The van der Waals surface area contributed by atoms with E-state index in [9.17, 15) is 13.2 Å². The van der Waals surface area contributed by atoms with Gasteiger partial charge in [-0.2, -0.15) is 13.2 Å². The number of hydrogen-bond donors (Lipinski definition) is 1. The zero-order valence-corrected chi connectivity index (χ0v) is 11.1. The Morgan fingerprint density at radius 2 is 1.80 bits per heavy atom. The van der Waals surface area contributed by atoms with Gasteiger partial charge in [0, 0.05) is 18.4 Å². The molecule has 0 fully saturated rings. The summed E-state index contributed by atoms with van der Waals surface area (Å²) in [6, 6.07) is 6.17. The molecule has 1 atom stereocenters. The summed E-state index contributed by atoms with van der Waals surface area (Å²) in [5.41, 5.74) is 6.75. The summed E-state index contributed by atoms with van der Waals surface area (Å²) >= 11 is 5.97. The lowest BCUT2D eigenvalue weighted by atomic mass is 9.99. The van der Waals surface area contributed by atoms with Crippen molar-refractivity contribution < 1.29 is 13.2 Å². The molecule has 106 valence electrons. The van der Waals surface area contributed by atoms with Crippen LogP contribution in [-0.4, -0.2) is 4.98 Å². The minimum atomic E-state index is -4.34. The van der Waals surface area contributed by atoms with Crippen molar-refractivity contribution in [3.63, 3.8) is 0 Å². The number of hydrogen-bond acceptors (Lipinski definition) is 2. The molecule has 1 aromatic heterocycles. The van der Waals surface area contributed by atoms with Crippen molar-refractivity contribution in [1.29, 1.82) is 0 Å². The number of nitrogens with zero attached hydrogens (tertiary/aromatic N) is 1. The normalized spacial score (nSPS) is 13.2. The quantitative estimate of drug-likeness (QED) is 0.930. The fourth-order valence-electron chi connectivity index (χ4n) is 1.84. The monoisotopic (exact) mass is 300 g/mol. The van der Waals surface area contributed by atoms with E-state index >= 15 is 0 Å². The van der Waals surface area contributed by atoms with E-state index in [1.54, 1.807) is 12.3 Å². The minimum Gasteiger partial charge on any atom is -0.324 e. The number of pyridine rings is 1. The van der Waals surface area contributed by atoms with Crippen LogP contribution in [0.2, 0.25) is 5.02 Å². The van der Waals surface area contributed by atoms with Gasteiger partial charge in [0.15, 0.2) is 0 Å². The van der Waals surface area contributed by atoms with Gasteiger partial charge in [-0.25, -0.2) is 0 Å². The second kappa shape index (κ2) is 5.81. The summed E-state index contributed by atoms with van der Waals surface area (Å²) < 4.78 is 37.4. The maximum Gasteiger partial charge on any atom is 0.416 e. The zero-order chi connectivity index (χ0) is 14.8. The molecule has 0 bridgehead atoms. The molecule has 1 unspecified atom stereocenters. The topological polar surface area (TPSA) is 38.9 Å². The standard InChI is InChI=1S/C14H12ClF3N2/c15-12-8-20-6-5-10(12)7-13(19)9-1-3-11(4-2-9)14(16,17)18/h1-6,8,13H,7,19H2. The lowest BCUT2D eigenvalue weighted by molar-refractivity contribution is -0.137. The van der Waals surface area contributed by atoms with Crippen LogP contribution in [-0.2, 0) is 12.6 Å². The molecule has 0 spiro atoms. The predicted octanol–water partition coefficient (Wildman–Crippen LogP) is 4.00. The molecule has 20 heavy (non-hydrogen) atoms. The van der Waals surface area contributed by atoms with Crippen LogP contribution in [0.1, 0.15) is 22.7 Å². The third-order valence-electron chi connectivity index (χ3n) is 2.96. The highest BCUT2D eigenvalue weighted by molar-refractivity contribution is 6.31. The first-order chi connectivity index (χ1) is 9.38. The minimum absolute atomic E-state index is 0.419. The maximum atomic E-state index is 12.5. The highest BCUT2D eigenvalue weighted by Gasteiger charge is 2.30. The number of aromatic nitrogens is 1. The van der Waals surface area contributed by atoms with E-state index < -0.39 is 17.8 Å². The lowest BCUT2D eigenvalue weighted by Crippen LogP contribution is -2.14. The van der Waals surface area contributed by atoms with Gasteiger partial charge in [0.2, 0.25) is 0 Å². The van der Waals surface area contributed by atoms with Crippen LogP contribution in [0.15, 0.2) is 42.7 Å². The van der Waals surface area contributed by atoms with E-state index in [2.05, 4.69) is 4.98 Å². The molecular weight excluding hydrogens is 289 g/mol. The van der Waals surface area contributed by atoms with E-state index in [0.29, 0.717) is 17.0 Å². The molecule has 0 radical (unpaired) electrons. The smallest absolute Gasteiger partial charge is 0.324 e. The van der Waals surface area contributed by atoms with E-state index in [1.807, 2.05) is 0 Å². The third-order valence-corrected chi connectivity index (χ3v) is 3.30. The summed E-state index contributed by atoms with van der Waals surface area (Å²) in [5, 5.41) is 0.495. The van der Waals surface area contributed by atoms with E-state index in [1.165, 1.54) is 18.3 Å². The summed E-state index contributed by atoms with van der Waals surface area (Å²) in [7, 11) is 0. The Labute approximate surface area is 119 Å². The Kier molecular flexibility index (Phi) is 4.30. The van der Waals surface area contributed by atoms with Crippen LogP contribution >= 0.6 is 11.6 Å². The van der Waals surface area contributed by atoms with E-state index in [0.717, 1.165) is 17.7 Å². The third kappa shape index (κ3) is 3.49. The van der Waals surface area contributed by atoms with Crippen molar-refractivity contribution in [3.05, 3.63) is 64.4 Å². The SMILES string of the molecule is NC(Cc1ccncc1Cl)c1ccc(C(F)(F)F)cc1. The molecule has 6 heteroatoms. The van der Waals surface area contributed by atoms with Crippen molar-refractivity contribution in [2.75, 3.05) is 0 Å². The zero-order valence-electron chi connectivity index (χ0n) is 10.4. The Balaban J connectivity index is 2.14. The number of alkyl halides is 3. The van der Waals surface area contributed by atoms with Gasteiger partial charge in [0.25, 0.3) is 0 Å². The van der Waals surface area contributed by atoms with Gasteiger partial charge in [0.05, 0.1) is 10.6 Å². The largest absolute Gasteiger partial charge is 0.416 e. The summed E-state index contributed by atoms with van der Waals surface area (Å²) in [5.74, 6) is 0. The number of rotatable bonds is 3. The highest BCUT2D eigenvalue weighted by Crippen LogP contribution is 2.30. The lowest BCUT2D eigenvalue weighted by Gasteiger charge is -2.14. The second-order valence-electron chi connectivity index (χ2n) is 4.40. The molecule has 2 nitrogen and oxygen atoms in total. The molecular formula is C14H12ClF3N2. The van der Waals surface area contributed by atoms with Crippen molar-refractivity contribution >= 4 is 11.6 Å². The first-order valence-electron chi connectivity index (χ1n) is 5.89. The second-order valence-corrected chi connectivity index (χ2v) is 4.80. The summed E-state index contributed by atoms with van der Waals surface area (Å²) in [4.78, 5) is 3.87. The Bertz CT molecular complexity index is 582. The van der Waals surface area contributed by atoms with Crippen molar-refractivity contribution in [2.45, 2.75) is 18.6 Å². The van der Waals surface area contributed by atoms with Crippen LogP contribution < -0.4 is 5.73 Å². The molecule has 2 aromatic rings. The van der Waals surface area contributed by atoms with Crippen LogP contribution in [0, 0.1) is 0 Å². The molecule has 0 aliphatic rings. The molecule has 2 N–H and O–H groups in total. The highest BCUT2D eigenvalue weighted by atomic mass is 35.5. The van der Waals surface area contributed by atoms with Gasteiger partial charge in [-0.3, -0.25) is 4.98 Å². The van der Waals surface area contributed by atoms with Crippen LogP contribution in [0.25, 0.3) is 0 Å². The first-order valence-corrected chi connectivity index (χ1v) is 6.27. The van der Waals surface area contributed by atoms with Gasteiger partial charge in [-0.15, -0.1) is 0 Å². The van der Waals surface area contributed by atoms with Crippen LogP contribution in [0.4, 0.5) is 13.2 Å². The number of halogens is 4. The fraction of sp³-hybridized carbons (Fsp3) is 0.214. The molecule has 1 heterocycles. The van der Waals surface area contributed by atoms with Crippen molar-refractivity contribution in [1.82, 2.24) is 4.98 Å². The molecule has 0 aliphatic carbocycles. The van der Waals surface area contributed by atoms with Crippen molar-refractivity contribution in [2.24, 2.45) is 5.73 Å². The fourth-order valence-corrected chi connectivity index (χ4v) is 2.04. The predicted molar refractivity (Wildman–Crippen MR) is 71.3 cm³/mol. The summed E-state index contributed by atoms with van der Waals surface area (Å²) in [6.45, 7) is 0. The molecule has 0 saturated carbocycles. The molecule has 2 rings (SSSR count). The van der Waals surface area contributed by atoms with Gasteiger partial charge in [-0.05, 0) is 35.7 Å². The molecule has 0 amide bonds. The Morgan fingerprint density at radius 1 is 1.15 bits per heavy atom. The average molecular weight is 301 g/mol. The molecule has 0 saturated heterocycles. The Hall–Kier alpha value is -1.59. The van der Waals surface area contributed by atoms with E-state index in [-0.39, 0.29) is 0 Å². The van der Waals surface area contributed by atoms with Gasteiger partial charge >= 0.3 is 6.18 Å². The molecule has 0 aliphatic heterocycles. The van der Waals surface area contributed by atoms with Gasteiger partial charge in [-0.1, -0.05) is 23.7 Å². The summed E-state index contributed by atoms with van der Waals surface area (Å²) in [6.07, 6.45) is -0.791. The molecule has 1 aromatic carbocycles. The number of benzene rings is 1. The van der Waals surface area contributed by atoms with Gasteiger partial charge in [0.1, 0.15) is 0 Å². The van der Waals surface area contributed by atoms with E-state index in [4.69, 9.17) is 17.3 Å². The first kappa shape index (κ1) is 14.8. The van der Waals surface area contributed by atoms with Crippen molar-refractivity contribution in [3.8, 4) is 0 Å². The Morgan fingerprint density at radius 3 is 2.35 bits per heavy atom.